The first-order valence-corrected chi connectivity index (χ1v) is 13.7. The van der Waals surface area contributed by atoms with E-state index >= 15 is 0 Å². The Morgan fingerprint density at radius 1 is 0.525 bits per heavy atom. The van der Waals surface area contributed by atoms with Crippen LogP contribution in [0.15, 0.2) is 102 Å². The van der Waals surface area contributed by atoms with E-state index in [1.54, 1.807) is 0 Å². The van der Waals surface area contributed by atoms with Crippen LogP contribution >= 0.6 is 0 Å². The highest BCUT2D eigenvalue weighted by Gasteiger charge is 2.25. The lowest BCUT2D eigenvalue weighted by atomic mass is 10.0. The molecule has 3 aliphatic rings. The third kappa shape index (κ3) is 3.10. The highest BCUT2D eigenvalue weighted by Crippen LogP contribution is 2.37. The molecular formula is C36H24N4. The Hall–Kier alpha value is -5.35. The summed E-state index contributed by atoms with van der Waals surface area (Å²) in [6.45, 7) is 0. The highest BCUT2D eigenvalue weighted by atomic mass is 15.0. The van der Waals surface area contributed by atoms with Gasteiger partial charge in [0.05, 0.1) is 17.5 Å². The molecule has 40 heavy (non-hydrogen) atoms. The Balaban J connectivity index is 1.41. The highest BCUT2D eigenvalue weighted by molar-refractivity contribution is 6.28. The maximum Gasteiger partial charge on any atom is 0.0737 e. The van der Waals surface area contributed by atoms with Crippen LogP contribution in [0.3, 0.4) is 0 Å². The number of fused-ring (bicyclic) bond motifs is 19. The van der Waals surface area contributed by atoms with Crippen LogP contribution < -0.4 is 16.0 Å². The second-order valence-electron chi connectivity index (χ2n) is 10.6. The predicted octanol–water partition coefficient (Wildman–Crippen LogP) is 6.37. The van der Waals surface area contributed by atoms with Crippen molar-refractivity contribution in [3.63, 3.8) is 0 Å². The molecule has 8 bridgehead atoms. The van der Waals surface area contributed by atoms with Gasteiger partial charge in [0.15, 0.2) is 0 Å². The zero-order chi connectivity index (χ0) is 26.2. The predicted molar refractivity (Wildman–Crippen MR) is 166 cm³/mol. The summed E-state index contributed by atoms with van der Waals surface area (Å²) < 4.78 is 0. The van der Waals surface area contributed by atoms with Crippen molar-refractivity contribution in [1.29, 1.82) is 0 Å². The molecule has 0 spiro atoms. The third-order valence-corrected chi connectivity index (χ3v) is 8.35. The normalized spacial score (nSPS) is 16.8. The van der Waals surface area contributed by atoms with Gasteiger partial charge in [0.1, 0.15) is 0 Å². The van der Waals surface area contributed by atoms with Gasteiger partial charge in [-0.05, 0) is 29.9 Å². The summed E-state index contributed by atoms with van der Waals surface area (Å²) in [5.41, 5.74) is 10.00. The van der Waals surface area contributed by atoms with Crippen LogP contribution in [-0.2, 0) is 0 Å². The third-order valence-electron chi connectivity index (χ3n) is 8.35. The monoisotopic (exact) mass is 512 g/mol. The minimum Gasteiger partial charge on any atom is -0.374 e. The van der Waals surface area contributed by atoms with Gasteiger partial charge in [-0.1, -0.05) is 97.1 Å². The second kappa shape index (κ2) is 8.08. The molecule has 0 fully saturated rings. The van der Waals surface area contributed by atoms with Gasteiger partial charge in [0.2, 0.25) is 0 Å². The van der Waals surface area contributed by atoms with E-state index < -0.39 is 0 Å². The van der Waals surface area contributed by atoms with Gasteiger partial charge >= 0.3 is 0 Å². The number of aliphatic imine (C=N–C) groups is 1. The van der Waals surface area contributed by atoms with Gasteiger partial charge in [-0.15, -0.1) is 0 Å². The summed E-state index contributed by atoms with van der Waals surface area (Å²) in [4.78, 5) is 12.7. The number of H-pyrrole nitrogens is 2. The molecule has 1 unspecified atom stereocenters. The van der Waals surface area contributed by atoms with Crippen molar-refractivity contribution < 1.29 is 0 Å². The van der Waals surface area contributed by atoms with Gasteiger partial charge in [0, 0.05) is 66.0 Å². The average molecular weight is 513 g/mol. The summed E-state index contributed by atoms with van der Waals surface area (Å²) in [5, 5.41) is 10.8. The smallest absolute Gasteiger partial charge is 0.0737 e. The number of nitrogens with one attached hydrogen (secondary N) is 3. The number of nitrogens with zero attached hydrogens (tertiary/aromatic N) is 1. The summed E-state index contributed by atoms with van der Waals surface area (Å²) in [6, 6.07) is 34.4. The van der Waals surface area contributed by atoms with Crippen LogP contribution in [0, 0.1) is 0 Å². The molecule has 5 heterocycles. The molecule has 4 aromatic carbocycles. The number of hydrogen-bond donors (Lipinski definition) is 3. The van der Waals surface area contributed by atoms with E-state index in [1.807, 2.05) is 0 Å². The van der Waals surface area contributed by atoms with Crippen LogP contribution in [0.2, 0.25) is 0 Å². The fourth-order valence-corrected chi connectivity index (χ4v) is 6.51. The maximum atomic E-state index is 5.18. The van der Waals surface area contributed by atoms with Crippen LogP contribution in [-0.4, -0.2) is 15.7 Å². The van der Waals surface area contributed by atoms with Gasteiger partial charge < -0.3 is 15.3 Å². The molecule has 0 saturated carbocycles. The largest absolute Gasteiger partial charge is 0.374 e. The molecule has 6 aromatic rings. The first kappa shape index (κ1) is 21.6. The first-order chi connectivity index (χ1) is 19.8. The number of rotatable bonds is 0. The summed E-state index contributed by atoms with van der Waals surface area (Å²) in [6.07, 6.45) is 8.97. The Labute approximate surface area is 230 Å². The molecule has 4 nitrogen and oxygen atoms in total. The van der Waals surface area contributed by atoms with Gasteiger partial charge in [-0.3, -0.25) is 0 Å². The lowest BCUT2D eigenvalue weighted by Gasteiger charge is -2.07. The first-order valence-electron chi connectivity index (χ1n) is 13.7. The number of aromatic amines is 2. The summed E-state index contributed by atoms with van der Waals surface area (Å²) >= 11 is 0. The average Bonchev–Trinajstić information content (AvgIpc) is 3.73. The quantitative estimate of drug-likeness (QED) is 0.218. The molecular weight excluding hydrogens is 488 g/mol. The topological polar surface area (TPSA) is 56.0 Å². The van der Waals surface area contributed by atoms with E-state index in [9.17, 15) is 0 Å². The van der Waals surface area contributed by atoms with Gasteiger partial charge in [0.25, 0.3) is 0 Å². The Morgan fingerprint density at radius 2 is 1.15 bits per heavy atom. The molecule has 9 rings (SSSR count). The zero-order valence-electron chi connectivity index (χ0n) is 21.6. The fraction of sp³-hybridized carbons (Fsp3) is 0.0278. The molecule has 188 valence electrons. The fourth-order valence-electron chi connectivity index (χ4n) is 6.51. The summed E-state index contributed by atoms with van der Waals surface area (Å²) in [7, 11) is 0. The van der Waals surface area contributed by atoms with Crippen molar-refractivity contribution in [2.24, 2.45) is 4.99 Å². The van der Waals surface area contributed by atoms with Crippen molar-refractivity contribution in [2.75, 3.05) is 0 Å². The van der Waals surface area contributed by atoms with Crippen molar-refractivity contribution in [3.8, 4) is 0 Å². The molecule has 4 heteroatoms. The van der Waals surface area contributed by atoms with Crippen LogP contribution in [0.1, 0.15) is 39.7 Å². The number of benzene rings is 4. The minimum absolute atomic E-state index is 0.0435. The zero-order valence-corrected chi connectivity index (χ0v) is 21.6. The van der Waals surface area contributed by atoms with Crippen LogP contribution in [0.25, 0.3) is 57.2 Å². The standard InChI is InChI=1S/C36H24N4/c1-2-10-22-21(9-1)29-17-31-23-11-3-4-12-24(23)33(38-31)19-35-27-15-7-8-16-28(27)36(40-35)20-34-26-14-6-5-13-25(26)32(39-34)18-30(22)37-29/h1-20,29,37-39H. The van der Waals surface area contributed by atoms with Gasteiger partial charge in [-0.25, -0.2) is 4.99 Å². The number of hydrogen-bond acceptors (Lipinski definition) is 2. The molecule has 0 amide bonds. The minimum atomic E-state index is 0.0435. The van der Waals surface area contributed by atoms with Gasteiger partial charge in [-0.2, -0.15) is 0 Å². The van der Waals surface area contributed by atoms with Crippen LogP contribution in [0.5, 0.6) is 0 Å². The van der Waals surface area contributed by atoms with Crippen molar-refractivity contribution >= 4 is 63.0 Å². The van der Waals surface area contributed by atoms with E-state index in [0.29, 0.717) is 0 Å². The maximum absolute atomic E-state index is 5.18. The molecule has 3 N–H and O–H groups in total. The molecule has 2 aromatic heterocycles. The molecule has 0 aliphatic carbocycles. The van der Waals surface area contributed by atoms with E-state index in [0.717, 1.165) is 50.3 Å². The number of aromatic nitrogens is 2. The van der Waals surface area contributed by atoms with E-state index in [1.165, 1.54) is 32.7 Å². The van der Waals surface area contributed by atoms with Crippen LogP contribution in [0.4, 0.5) is 0 Å². The lowest BCUT2D eigenvalue weighted by Crippen LogP contribution is -2.16. The van der Waals surface area contributed by atoms with E-state index in [2.05, 4.69) is 137 Å². The molecule has 3 aliphatic heterocycles. The molecule has 0 saturated heterocycles. The Bertz CT molecular complexity index is 2250. The molecule has 0 radical (unpaired) electrons. The Kier molecular flexibility index (Phi) is 4.35. The Morgan fingerprint density at radius 3 is 1.95 bits per heavy atom. The van der Waals surface area contributed by atoms with Crippen molar-refractivity contribution in [3.05, 3.63) is 141 Å². The van der Waals surface area contributed by atoms with E-state index in [-0.39, 0.29) is 6.04 Å². The lowest BCUT2D eigenvalue weighted by molar-refractivity contribution is 0.852. The van der Waals surface area contributed by atoms with E-state index in [4.69, 9.17) is 4.99 Å². The molecule has 1 atom stereocenters. The SMILES string of the molecule is C1=C2N=C(C=c3[nH]c(c4ccccc34)=CC3NC(=Cc4[nH]c1c1ccccc41)c1ccccc13)c1ccccc12. The van der Waals surface area contributed by atoms with Crippen molar-refractivity contribution in [2.45, 2.75) is 6.04 Å². The van der Waals surface area contributed by atoms with Crippen molar-refractivity contribution in [1.82, 2.24) is 15.3 Å². The second-order valence-corrected chi connectivity index (χ2v) is 10.6. The summed E-state index contributed by atoms with van der Waals surface area (Å²) in [5.74, 6) is 0.